The lowest BCUT2D eigenvalue weighted by Crippen LogP contribution is -2.44. The molecular formula is C11H17N3. The van der Waals surface area contributed by atoms with Crippen LogP contribution in [0.5, 0.6) is 0 Å². The molecule has 3 nitrogen and oxygen atoms in total. The van der Waals surface area contributed by atoms with E-state index in [-0.39, 0.29) is 5.54 Å². The van der Waals surface area contributed by atoms with Crippen LogP contribution in [-0.4, -0.2) is 15.5 Å². The monoisotopic (exact) mass is 191 g/mol. The van der Waals surface area contributed by atoms with E-state index in [1.165, 1.54) is 12.8 Å². The number of hydrogen-bond donors (Lipinski definition) is 1. The Morgan fingerprint density at radius 3 is 2.79 bits per heavy atom. The van der Waals surface area contributed by atoms with Crippen molar-refractivity contribution in [1.29, 1.82) is 0 Å². The van der Waals surface area contributed by atoms with Crippen LogP contribution in [0.25, 0.3) is 0 Å². The smallest absolute Gasteiger partial charge is 0.130 e. The second-order valence-electron chi connectivity index (χ2n) is 4.37. The molecule has 1 saturated carbocycles. The van der Waals surface area contributed by atoms with E-state index in [0.717, 1.165) is 18.7 Å². The zero-order chi connectivity index (χ0) is 10.0. The van der Waals surface area contributed by atoms with Crippen molar-refractivity contribution in [1.82, 2.24) is 9.97 Å². The van der Waals surface area contributed by atoms with Gasteiger partial charge in [0, 0.05) is 24.4 Å². The van der Waals surface area contributed by atoms with E-state index in [4.69, 9.17) is 5.73 Å². The molecule has 2 N–H and O–H groups in total. The molecule has 1 aromatic rings. The first kappa shape index (κ1) is 9.59. The van der Waals surface area contributed by atoms with Gasteiger partial charge in [-0.25, -0.2) is 9.97 Å². The Morgan fingerprint density at radius 2 is 2.21 bits per heavy atom. The van der Waals surface area contributed by atoms with Crippen LogP contribution in [0.15, 0.2) is 18.5 Å². The van der Waals surface area contributed by atoms with Crippen LogP contribution in [-0.2, 0) is 6.42 Å². The largest absolute Gasteiger partial charge is 0.324 e. The third-order valence-electron chi connectivity index (χ3n) is 3.37. The topological polar surface area (TPSA) is 51.8 Å². The first-order chi connectivity index (χ1) is 6.71. The van der Waals surface area contributed by atoms with Gasteiger partial charge in [-0.15, -0.1) is 0 Å². The summed E-state index contributed by atoms with van der Waals surface area (Å²) in [6.07, 6.45) is 7.96. The van der Waals surface area contributed by atoms with Gasteiger partial charge in [0.15, 0.2) is 0 Å². The van der Waals surface area contributed by atoms with E-state index in [1.807, 2.05) is 6.07 Å². The van der Waals surface area contributed by atoms with Gasteiger partial charge in [0.25, 0.3) is 0 Å². The second kappa shape index (κ2) is 3.65. The van der Waals surface area contributed by atoms with Crippen molar-refractivity contribution < 1.29 is 0 Å². The zero-order valence-electron chi connectivity index (χ0n) is 8.61. The first-order valence-corrected chi connectivity index (χ1v) is 5.25. The Hall–Kier alpha value is -0.960. The lowest BCUT2D eigenvalue weighted by atomic mass is 9.86. The highest BCUT2D eigenvalue weighted by molar-refractivity contribution is 5.03. The molecule has 1 aliphatic rings. The van der Waals surface area contributed by atoms with Crippen LogP contribution in [0.4, 0.5) is 0 Å². The zero-order valence-corrected chi connectivity index (χ0v) is 8.61. The summed E-state index contributed by atoms with van der Waals surface area (Å²) in [6.45, 7) is 2.23. The van der Waals surface area contributed by atoms with Crippen molar-refractivity contribution in [2.45, 2.75) is 38.1 Å². The maximum absolute atomic E-state index is 6.35. The summed E-state index contributed by atoms with van der Waals surface area (Å²) in [7, 11) is 0. The summed E-state index contributed by atoms with van der Waals surface area (Å²) in [5, 5.41) is 0. The fraction of sp³-hybridized carbons (Fsp3) is 0.636. The van der Waals surface area contributed by atoms with Gasteiger partial charge in [-0.05, 0) is 24.8 Å². The highest BCUT2D eigenvalue weighted by atomic mass is 14.9. The molecule has 0 aliphatic heterocycles. The first-order valence-electron chi connectivity index (χ1n) is 5.25. The third kappa shape index (κ3) is 1.77. The van der Waals surface area contributed by atoms with Gasteiger partial charge >= 0.3 is 0 Å². The molecule has 0 amide bonds. The molecule has 1 fully saturated rings. The quantitative estimate of drug-likeness (QED) is 0.771. The Bertz CT molecular complexity index is 299. The maximum Gasteiger partial charge on any atom is 0.130 e. The SMILES string of the molecule is CC1CCCC1(N)Cc1ncccn1. The molecule has 14 heavy (non-hydrogen) atoms. The molecule has 2 rings (SSSR count). The highest BCUT2D eigenvalue weighted by Gasteiger charge is 2.36. The van der Waals surface area contributed by atoms with Crippen molar-refractivity contribution in [3.8, 4) is 0 Å². The summed E-state index contributed by atoms with van der Waals surface area (Å²) < 4.78 is 0. The minimum Gasteiger partial charge on any atom is -0.324 e. The lowest BCUT2D eigenvalue weighted by molar-refractivity contribution is 0.330. The summed E-state index contributed by atoms with van der Waals surface area (Å²) in [6, 6.07) is 1.84. The van der Waals surface area contributed by atoms with Gasteiger partial charge in [0.2, 0.25) is 0 Å². The molecule has 0 radical (unpaired) electrons. The van der Waals surface area contributed by atoms with E-state index < -0.39 is 0 Å². The predicted molar refractivity (Wildman–Crippen MR) is 55.7 cm³/mol. The maximum atomic E-state index is 6.35. The summed E-state index contributed by atoms with van der Waals surface area (Å²) >= 11 is 0. The average molecular weight is 191 g/mol. The molecule has 1 aliphatic carbocycles. The predicted octanol–water partition coefficient (Wildman–Crippen LogP) is 1.54. The molecule has 2 unspecified atom stereocenters. The van der Waals surface area contributed by atoms with Crippen LogP contribution in [0.3, 0.4) is 0 Å². The molecule has 0 bridgehead atoms. The van der Waals surface area contributed by atoms with Crippen molar-refractivity contribution in [3.05, 3.63) is 24.3 Å². The average Bonchev–Trinajstić information content (AvgIpc) is 2.48. The van der Waals surface area contributed by atoms with Crippen molar-refractivity contribution >= 4 is 0 Å². The lowest BCUT2D eigenvalue weighted by Gasteiger charge is -2.28. The Balaban J connectivity index is 2.10. The fourth-order valence-corrected chi connectivity index (χ4v) is 2.25. The number of nitrogens with two attached hydrogens (primary N) is 1. The van der Waals surface area contributed by atoms with Crippen molar-refractivity contribution in [2.24, 2.45) is 11.7 Å². The van der Waals surface area contributed by atoms with Gasteiger partial charge in [0.05, 0.1) is 0 Å². The third-order valence-corrected chi connectivity index (χ3v) is 3.37. The van der Waals surface area contributed by atoms with E-state index in [9.17, 15) is 0 Å². The van der Waals surface area contributed by atoms with Gasteiger partial charge < -0.3 is 5.73 Å². The van der Waals surface area contributed by atoms with Gasteiger partial charge in [0.1, 0.15) is 5.82 Å². The van der Waals surface area contributed by atoms with Crippen LogP contribution in [0.2, 0.25) is 0 Å². The van der Waals surface area contributed by atoms with E-state index in [0.29, 0.717) is 5.92 Å². The van der Waals surface area contributed by atoms with Crippen molar-refractivity contribution in [2.75, 3.05) is 0 Å². The molecule has 1 heterocycles. The van der Waals surface area contributed by atoms with Crippen LogP contribution in [0, 0.1) is 5.92 Å². The second-order valence-corrected chi connectivity index (χ2v) is 4.37. The Labute approximate surface area is 84.8 Å². The minimum absolute atomic E-state index is 0.0681. The van der Waals surface area contributed by atoms with E-state index >= 15 is 0 Å². The fourth-order valence-electron chi connectivity index (χ4n) is 2.25. The van der Waals surface area contributed by atoms with Crippen LogP contribution < -0.4 is 5.73 Å². The van der Waals surface area contributed by atoms with Gasteiger partial charge in [-0.1, -0.05) is 13.3 Å². The number of hydrogen-bond acceptors (Lipinski definition) is 3. The molecule has 0 spiro atoms. The molecule has 1 aromatic heterocycles. The van der Waals surface area contributed by atoms with E-state index in [2.05, 4.69) is 16.9 Å². The molecule has 76 valence electrons. The minimum atomic E-state index is -0.0681. The molecule has 0 aromatic carbocycles. The van der Waals surface area contributed by atoms with Gasteiger partial charge in [-0.3, -0.25) is 0 Å². The van der Waals surface area contributed by atoms with E-state index in [1.54, 1.807) is 12.4 Å². The summed E-state index contributed by atoms with van der Waals surface area (Å²) in [5.41, 5.74) is 6.29. The summed E-state index contributed by atoms with van der Waals surface area (Å²) in [4.78, 5) is 8.46. The number of nitrogens with zero attached hydrogens (tertiary/aromatic N) is 2. The number of rotatable bonds is 2. The van der Waals surface area contributed by atoms with Crippen LogP contribution >= 0.6 is 0 Å². The summed E-state index contributed by atoms with van der Waals surface area (Å²) in [5.74, 6) is 1.47. The van der Waals surface area contributed by atoms with Crippen molar-refractivity contribution in [3.63, 3.8) is 0 Å². The normalized spacial score (nSPS) is 32.0. The van der Waals surface area contributed by atoms with Crippen LogP contribution in [0.1, 0.15) is 32.0 Å². The van der Waals surface area contributed by atoms with Gasteiger partial charge in [-0.2, -0.15) is 0 Å². The molecule has 0 saturated heterocycles. The molecule has 2 atom stereocenters. The highest BCUT2D eigenvalue weighted by Crippen LogP contribution is 2.35. The molecule has 3 heteroatoms. The Kier molecular flexibility index (Phi) is 2.50. The Morgan fingerprint density at radius 1 is 1.50 bits per heavy atom. The molecular weight excluding hydrogens is 174 g/mol. The number of aromatic nitrogens is 2. The standard InChI is InChI=1S/C11H17N3/c1-9-4-2-5-11(9,12)8-10-13-6-3-7-14-10/h3,6-7,9H,2,4-5,8,12H2,1H3.